The fourth-order valence-electron chi connectivity index (χ4n) is 2.68. The zero-order valence-electron chi connectivity index (χ0n) is 11.1. The van der Waals surface area contributed by atoms with E-state index in [0.717, 1.165) is 6.42 Å². The van der Waals surface area contributed by atoms with Crippen LogP contribution in [0.5, 0.6) is 0 Å². The molecule has 1 aromatic carbocycles. The van der Waals surface area contributed by atoms with Crippen molar-refractivity contribution in [2.45, 2.75) is 38.5 Å². The van der Waals surface area contributed by atoms with Crippen LogP contribution in [0.25, 0.3) is 0 Å². The van der Waals surface area contributed by atoms with Crippen molar-refractivity contribution >= 4 is 11.6 Å². The molecule has 3 N–H and O–H groups in total. The Hall–Kier alpha value is -1.58. The molecule has 0 bridgehead atoms. The third-order valence-electron chi connectivity index (χ3n) is 3.80. The van der Waals surface area contributed by atoms with E-state index in [1.807, 2.05) is 0 Å². The van der Waals surface area contributed by atoms with Crippen LogP contribution in [0, 0.1) is 11.7 Å². The molecule has 1 aliphatic carbocycles. The van der Waals surface area contributed by atoms with Crippen LogP contribution in [0.2, 0.25) is 0 Å². The van der Waals surface area contributed by atoms with Gasteiger partial charge in [0.15, 0.2) is 0 Å². The zero-order valence-corrected chi connectivity index (χ0v) is 11.1. The number of nitrogens with two attached hydrogens (primary N) is 1. The van der Waals surface area contributed by atoms with Crippen molar-refractivity contribution in [2.75, 3.05) is 12.3 Å². The summed E-state index contributed by atoms with van der Waals surface area (Å²) in [6.45, 7) is 0.609. The summed E-state index contributed by atoms with van der Waals surface area (Å²) in [5.74, 6) is -0.190. The van der Waals surface area contributed by atoms with E-state index in [2.05, 4.69) is 5.32 Å². The van der Waals surface area contributed by atoms with Gasteiger partial charge >= 0.3 is 0 Å². The maximum Gasteiger partial charge on any atom is 0.254 e. The van der Waals surface area contributed by atoms with Crippen molar-refractivity contribution in [1.82, 2.24) is 5.32 Å². The summed E-state index contributed by atoms with van der Waals surface area (Å²) in [6, 6.07) is 4.06. The monoisotopic (exact) mass is 264 g/mol. The highest BCUT2D eigenvalue weighted by Gasteiger charge is 2.15. The third-order valence-corrected chi connectivity index (χ3v) is 3.80. The standard InChI is InChI=1S/C15H21FN2O/c16-14-7-6-12(17)10-13(14)15(19)18-9-8-11-4-2-1-3-5-11/h6-7,10-11H,1-5,8-9,17H2,(H,18,19). The predicted molar refractivity (Wildman–Crippen MR) is 74.3 cm³/mol. The highest BCUT2D eigenvalue weighted by molar-refractivity contribution is 5.95. The molecule has 1 aliphatic rings. The van der Waals surface area contributed by atoms with E-state index in [0.29, 0.717) is 18.2 Å². The Morgan fingerprint density at radius 1 is 1.32 bits per heavy atom. The zero-order chi connectivity index (χ0) is 13.7. The minimum absolute atomic E-state index is 0.0312. The topological polar surface area (TPSA) is 55.1 Å². The van der Waals surface area contributed by atoms with E-state index in [1.165, 1.54) is 50.3 Å². The summed E-state index contributed by atoms with van der Waals surface area (Å²) >= 11 is 0. The highest BCUT2D eigenvalue weighted by atomic mass is 19.1. The van der Waals surface area contributed by atoms with E-state index >= 15 is 0 Å². The SMILES string of the molecule is Nc1ccc(F)c(C(=O)NCCC2CCCCC2)c1. The lowest BCUT2D eigenvalue weighted by atomic mass is 9.87. The lowest BCUT2D eigenvalue weighted by Gasteiger charge is -2.21. The van der Waals surface area contributed by atoms with Gasteiger partial charge in [0.2, 0.25) is 0 Å². The molecule has 0 spiro atoms. The number of hydrogen-bond donors (Lipinski definition) is 2. The smallest absolute Gasteiger partial charge is 0.254 e. The second-order valence-corrected chi connectivity index (χ2v) is 5.29. The molecule has 0 aromatic heterocycles. The van der Waals surface area contributed by atoms with Crippen molar-refractivity contribution in [2.24, 2.45) is 5.92 Å². The number of amides is 1. The molecule has 0 radical (unpaired) electrons. The van der Waals surface area contributed by atoms with Crippen LogP contribution in [-0.2, 0) is 0 Å². The van der Waals surface area contributed by atoms with Crippen molar-refractivity contribution < 1.29 is 9.18 Å². The summed E-state index contributed by atoms with van der Waals surface area (Å²) in [5, 5.41) is 2.78. The quantitative estimate of drug-likeness (QED) is 0.821. The van der Waals surface area contributed by atoms with Gasteiger partial charge in [-0.3, -0.25) is 4.79 Å². The Morgan fingerprint density at radius 2 is 2.05 bits per heavy atom. The van der Waals surface area contributed by atoms with Crippen molar-refractivity contribution in [1.29, 1.82) is 0 Å². The van der Waals surface area contributed by atoms with Crippen LogP contribution in [0.15, 0.2) is 18.2 Å². The minimum Gasteiger partial charge on any atom is -0.399 e. The molecule has 0 unspecified atom stereocenters. The number of anilines is 1. The van der Waals surface area contributed by atoms with Crippen LogP contribution in [-0.4, -0.2) is 12.5 Å². The molecule has 1 amide bonds. The van der Waals surface area contributed by atoms with Crippen LogP contribution in [0.3, 0.4) is 0 Å². The fraction of sp³-hybridized carbons (Fsp3) is 0.533. The Balaban J connectivity index is 1.82. The largest absolute Gasteiger partial charge is 0.399 e. The predicted octanol–water partition coefficient (Wildman–Crippen LogP) is 3.11. The number of halogens is 1. The fourth-order valence-corrected chi connectivity index (χ4v) is 2.68. The lowest BCUT2D eigenvalue weighted by molar-refractivity contribution is 0.0946. The van der Waals surface area contributed by atoms with E-state index in [1.54, 1.807) is 0 Å². The maximum absolute atomic E-state index is 13.5. The van der Waals surface area contributed by atoms with Crippen LogP contribution in [0.4, 0.5) is 10.1 Å². The van der Waals surface area contributed by atoms with Gasteiger partial charge in [-0.2, -0.15) is 0 Å². The van der Waals surface area contributed by atoms with Gasteiger partial charge in [0.25, 0.3) is 5.91 Å². The molecule has 4 heteroatoms. The molecule has 19 heavy (non-hydrogen) atoms. The maximum atomic E-state index is 13.5. The van der Waals surface area contributed by atoms with Gasteiger partial charge in [-0.05, 0) is 30.5 Å². The van der Waals surface area contributed by atoms with Crippen molar-refractivity contribution in [3.05, 3.63) is 29.6 Å². The summed E-state index contributed by atoms with van der Waals surface area (Å²) in [5.41, 5.74) is 6.00. The number of hydrogen-bond acceptors (Lipinski definition) is 2. The minimum atomic E-state index is -0.524. The first-order chi connectivity index (χ1) is 9.16. The molecule has 0 atom stereocenters. The van der Waals surface area contributed by atoms with Gasteiger partial charge in [-0.1, -0.05) is 32.1 Å². The van der Waals surface area contributed by atoms with Gasteiger partial charge in [0.05, 0.1) is 5.56 Å². The molecule has 104 valence electrons. The number of nitrogen functional groups attached to an aromatic ring is 1. The molecular formula is C15H21FN2O. The molecule has 1 aromatic rings. The first-order valence-corrected chi connectivity index (χ1v) is 7.00. The van der Waals surface area contributed by atoms with E-state index in [9.17, 15) is 9.18 Å². The van der Waals surface area contributed by atoms with Gasteiger partial charge in [-0.25, -0.2) is 4.39 Å². The highest BCUT2D eigenvalue weighted by Crippen LogP contribution is 2.25. The Bertz CT molecular complexity index is 442. The molecule has 2 rings (SSSR count). The Morgan fingerprint density at radius 3 is 2.79 bits per heavy atom. The summed E-state index contributed by atoms with van der Waals surface area (Å²) < 4.78 is 13.5. The van der Waals surface area contributed by atoms with Gasteiger partial charge in [0, 0.05) is 12.2 Å². The number of carbonyl (C=O) groups is 1. The molecule has 0 aliphatic heterocycles. The number of carbonyl (C=O) groups excluding carboxylic acids is 1. The number of benzene rings is 1. The van der Waals surface area contributed by atoms with Crippen LogP contribution >= 0.6 is 0 Å². The normalized spacial score (nSPS) is 16.3. The van der Waals surface area contributed by atoms with E-state index < -0.39 is 5.82 Å². The summed E-state index contributed by atoms with van der Waals surface area (Å²) in [6.07, 6.45) is 7.41. The number of nitrogens with one attached hydrogen (secondary N) is 1. The molecule has 1 fully saturated rings. The molecule has 0 heterocycles. The summed E-state index contributed by atoms with van der Waals surface area (Å²) in [4.78, 5) is 11.9. The molecule has 3 nitrogen and oxygen atoms in total. The average molecular weight is 264 g/mol. The van der Waals surface area contributed by atoms with Crippen molar-refractivity contribution in [3.63, 3.8) is 0 Å². The molecular weight excluding hydrogens is 243 g/mol. The first-order valence-electron chi connectivity index (χ1n) is 7.00. The number of rotatable bonds is 4. The average Bonchev–Trinajstić information content (AvgIpc) is 2.42. The Labute approximate surface area is 113 Å². The van der Waals surface area contributed by atoms with Crippen LogP contribution in [0.1, 0.15) is 48.9 Å². The third kappa shape index (κ3) is 3.94. The van der Waals surface area contributed by atoms with Gasteiger partial charge in [0.1, 0.15) is 5.82 Å². The van der Waals surface area contributed by atoms with Gasteiger partial charge in [-0.15, -0.1) is 0 Å². The first kappa shape index (κ1) is 13.8. The second-order valence-electron chi connectivity index (χ2n) is 5.29. The lowest BCUT2D eigenvalue weighted by Crippen LogP contribution is -2.27. The molecule has 1 saturated carbocycles. The van der Waals surface area contributed by atoms with Crippen molar-refractivity contribution in [3.8, 4) is 0 Å². The molecule has 0 saturated heterocycles. The van der Waals surface area contributed by atoms with E-state index in [4.69, 9.17) is 5.73 Å². The van der Waals surface area contributed by atoms with E-state index in [-0.39, 0.29) is 11.5 Å². The van der Waals surface area contributed by atoms with Gasteiger partial charge < -0.3 is 11.1 Å². The summed E-state index contributed by atoms with van der Waals surface area (Å²) in [7, 11) is 0. The van der Waals surface area contributed by atoms with Crippen LogP contribution < -0.4 is 11.1 Å². The Kier molecular flexibility index (Phi) is 4.77. The second kappa shape index (κ2) is 6.55.